The number of nitrogens with zero attached hydrogens (tertiary/aromatic N) is 3. The third-order valence-electron chi connectivity index (χ3n) is 4.43. The van der Waals surface area contributed by atoms with Crippen LogP contribution in [0.4, 0.5) is 5.69 Å². The Bertz CT molecular complexity index is 1010. The molecule has 1 aliphatic heterocycles. The number of nitrogens with two attached hydrogens (primary N) is 1. The summed E-state index contributed by atoms with van der Waals surface area (Å²) in [6, 6.07) is 5.53. The number of benzene rings is 1. The van der Waals surface area contributed by atoms with Crippen LogP contribution < -0.4 is 20.5 Å². The summed E-state index contributed by atoms with van der Waals surface area (Å²) in [6.45, 7) is 3.29. The van der Waals surface area contributed by atoms with E-state index >= 15 is 0 Å². The number of amides is 1. The van der Waals surface area contributed by atoms with Crippen molar-refractivity contribution in [1.29, 1.82) is 0 Å². The Morgan fingerprint density at radius 2 is 2.31 bits per heavy atom. The van der Waals surface area contributed by atoms with Crippen molar-refractivity contribution in [3.63, 3.8) is 0 Å². The normalized spacial score (nSPS) is 13.0. The number of pyridine rings is 1. The molecule has 0 radical (unpaired) electrons. The standard InChI is InChI=1S/C18H19N5O3/c1-3-10-16-12(4-5-20-10)23(22-17(16)18(19)24)13-9-14-11(8-15(13)25-2)21-6-7-26-14/h4-5,8-9,21H,3,6-7H2,1-2H3,(H2,19,24). The smallest absolute Gasteiger partial charge is 0.269 e. The maximum absolute atomic E-state index is 12.0. The number of hydrogen-bond acceptors (Lipinski definition) is 6. The molecule has 0 fully saturated rings. The molecule has 0 saturated carbocycles. The van der Waals surface area contributed by atoms with E-state index in [0.29, 0.717) is 35.6 Å². The Labute approximate surface area is 149 Å². The average Bonchev–Trinajstić information content (AvgIpc) is 3.06. The minimum atomic E-state index is -0.591. The van der Waals surface area contributed by atoms with Crippen molar-refractivity contribution < 1.29 is 14.3 Å². The highest BCUT2D eigenvalue weighted by atomic mass is 16.5. The third kappa shape index (κ3) is 2.42. The van der Waals surface area contributed by atoms with Gasteiger partial charge >= 0.3 is 0 Å². The summed E-state index contributed by atoms with van der Waals surface area (Å²) in [5, 5.41) is 8.42. The Morgan fingerprint density at radius 3 is 3.04 bits per heavy atom. The number of carbonyl (C=O) groups excluding carboxylic acids is 1. The third-order valence-corrected chi connectivity index (χ3v) is 4.43. The van der Waals surface area contributed by atoms with E-state index in [0.717, 1.165) is 23.4 Å². The van der Waals surface area contributed by atoms with Gasteiger partial charge in [0.15, 0.2) is 5.69 Å². The van der Waals surface area contributed by atoms with Gasteiger partial charge in [-0.3, -0.25) is 9.78 Å². The van der Waals surface area contributed by atoms with Gasteiger partial charge in [0.25, 0.3) is 5.91 Å². The van der Waals surface area contributed by atoms with E-state index in [9.17, 15) is 4.79 Å². The van der Waals surface area contributed by atoms with Crippen LogP contribution >= 0.6 is 0 Å². The molecule has 3 N–H and O–H groups in total. The number of hydrogen-bond donors (Lipinski definition) is 2. The van der Waals surface area contributed by atoms with E-state index in [1.165, 1.54) is 0 Å². The maximum atomic E-state index is 12.0. The lowest BCUT2D eigenvalue weighted by molar-refractivity contribution is 0.0996. The first-order valence-corrected chi connectivity index (χ1v) is 8.39. The molecule has 134 valence electrons. The van der Waals surface area contributed by atoms with Crippen molar-refractivity contribution >= 4 is 22.5 Å². The molecule has 0 saturated heterocycles. The Balaban J connectivity index is 2.02. The lowest BCUT2D eigenvalue weighted by Crippen LogP contribution is -2.18. The molecule has 0 bridgehead atoms. The first-order valence-electron chi connectivity index (χ1n) is 8.39. The molecule has 1 aliphatic rings. The number of rotatable bonds is 4. The van der Waals surface area contributed by atoms with E-state index in [1.807, 2.05) is 25.1 Å². The molecular formula is C18H19N5O3. The summed E-state index contributed by atoms with van der Waals surface area (Å²) in [5.74, 6) is 0.726. The van der Waals surface area contributed by atoms with Gasteiger partial charge in [0.2, 0.25) is 0 Å². The zero-order valence-corrected chi connectivity index (χ0v) is 14.6. The predicted octanol–water partition coefficient (Wildman–Crippen LogP) is 1.89. The number of nitrogens with one attached hydrogen (secondary N) is 1. The number of ether oxygens (including phenoxy) is 2. The van der Waals surface area contributed by atoms with Gasteiger partial charge < -0.3 is 20.5 Å². The summed E-state index contributed by atoms with van der Waals surface area (Å²) in [7, 11) is 1.59. The van der Waals surface area contributed by atoms with E-state index in [4.69, 9.17) is 15.2 Å². The molecule has 26 heavy (non-hydrogen) atoms. The zero-order chi connectivity index (χ0) is 18.3. The fourth-order valence-electron chi connectivity index (χ4n) is 3.24. The van der Waals surface area contributed by atoms with Crippen molar-refractivity contribution in [2.45, 2.75) is 13.3 Å². The summed E-state index contributed by atoms with van der Waals surface area (Å²) >= 11 is 0. The summed E-state index contributed by atoms with van der Waals surface area (Å²) in [5.41, 5.74) is 8.81. The number of carbonyl (C=O) groups is 1. The zero-order valence-electron chi connectivity index (χ0n) is 14.6. The number of anilines is 1. The van der Waals surface area contributed by atoms with Gasteiger partial charge in [-0.15, -0.1) is 0 Å². The first kappa shape index (κ1) is 16.2. The predicted molar refractivity (Wildman–Crippen MR) is 97.3 cm³/mol. The van der Waals surface area contributed by atoms with Crippen molar-refractivity contribution in [2.75, 3.05) is 25.6 Å². The second-order valence-electron chi connectivity index (χ2n) is 5.93. The lowest BCUT2D eigenvalue weighted by atomic mass is 10.1. The highest BCUT2D eigenvalue weighted by Crippen LogP contribution is 2.38. The van der Waals surface area contributed by atoms with Gasteiger partial charge in [-0.25, -0.2) is 4.68 Å². The van der Waals surface area contributed by atoms with Crippen LogP contribution in [0.25, 0.3) is 16.6 Å². The van der Waals surface area contributed by atoms with Gasteiger partial charge in [0, 0.05) is 24.9 Å². The topological polar surface area (TPSA) is 104 Å². The van der Waals surface area contributed by atoms with E-state index in [1.54, 1.807) is 18.0 Å². The molecule has 2 aromatic heterocycles. The Hall–Kier alpha value is -3.29. The number of primary amides is 1. The lowest BCUT2D eigenvalue weighted by Gasteiger charge is -2.21. The van der Waals surface area contributed by atoms with Crippen LogP contribution in [0, 0.1) is 0 Å². The minimum absolute atomic E-state index is 0.198. The van der Waals surface area contributed by atoms with Crippen LogP contribution in [0.5, 0.6) is 11.5 Å². The minimum Gasteiger partial charge on any atom is -0.494 e. The van der Waals surface area contributed by atoms with Crippen LogP contribution in [0.1, 0.15) is 23.1 Å². The second kappa shape index (κ2) is 6.21. The number of methoxy groups -OCH3 is 1. The average molecular weight is 353 g/mol. The summed E-state index contributed by atoms with van der Waals surface area (Å²) in [6.07, 6.45) is 2.37. The molecule has 1 amide bonds. The summed E-state index contributed by atoms with van der Waals surface area (Å²) < 4.78 is 12.9. The summed E-state index contributed by atoms with van der Waals surface area (Å²) in [4.78, 5) is 16.3. The van der Waals surface area contributed by atoms with Crippen molar-refractivity contribution in [3.8, 4) is 17.2 Å². The maximum Gasteiger partial charge on any atom is 0.269 e. The second-order valence-corrected chi connectivity index (χ2v) is 5.93. The SMILES string of the molecule is CCc1nccc2c1c(C(N)=O)nn2-c1cc2c(cc1OC)NCCO2. The molecule has 0 unspecified atom stereocenters. The molecule has 8 heteroatoms. The molecule has 3 aromatic rings. The van der Waals surface area contributed by atoms with Gasteiger partial charge in [-0.05, 0) is 12.5 Å². The molecule has 8 nitrogen and oxygen atoms in total. The molecule has 0 atom stereocenters. The molecule has 1 aromatic carbocycles. The highest BCUT2D eigenvalue weighted by molar-refractivity contribution is 6.05. The molecule has 4 rings (SSSR count). The Kier molecular flexibility index (Phi) is 3.87. The number of aromatic nitrogens is 3. The van der Waals surface area contributed by atoms with Crippen LogP contribution in [0.3, 0.4) is 0 Å². The van der Waals surface area contributed by atoms with Crippen molar-refractivity contribution in [2.24, 2.45) is 5.73 Å². The molecule has 3 heterocycles. The first-order chi connectivity index (χ1) is 12.6. The van der Waals surface area contributed by atoms with E-state index < -0.39 is 5.91 Å². The fourth-order valence-corrected chi connectivity index (χ4v) is 3.24. The fraction of sp³-hybridized carbons (Fsp3) is 0.278. The number of fused-ring (bicyclic) bond motifs is 2. The van der Waals surface area contributed by atoms with Gasteiger partial charge in [0.05, 0.1) is 29.4 Å². The van der Waals surface area contributed by atoms with Crippen LogP contribution in [0.15, 0.2) is 24.4 Å². The van der Waals surface area contributed by atoms with E-state index in [2.05, 4.69) is 15.4 Å². The van der Waals surface area contributed by atoms with Crippen LogP contribution in [-0.2, 0) is 6.42 Å². The number of aryl methyl sites for hydroxylation is 1. The highest BCUT2D eigenvalue weighted by Gasteiger charge is 2.23. The van der Waals surface area contributed by atoms with Gasteiger partial charge in [-0.2, -0.15) is 5.10 Å². The van der Waals surface area contributed by atoms with Crippen LogP contribution in [0.2, 0.25) is 0 Å². The van der Waals surface area contributed by atoms with Crippen molar-refractivity contribution in [3.05, 3.63) is 35.8 Å². The van der Waals surface area contributed by atoms with E-state index in [-0.39, 0.29) is 5.69 Å². The van der Waals surface area contributed by atoms with Gasteiger partial charge in [-0.1, -0.05) is 6.92 Å². The van der Waals surface area contributed by atoms with Gasteiger partial charge in [0.1, 0.15) is 23.8 Å². The molecule has 0 aliphatic carbocycles. The monoisotopic (exact) mass is 353 g/mol. The van der Waals surface area contributed by atoms with Crippen molar-refractivity contribution in [1.82, 2.24) is 14.8 Å². The molecular weight excluding hydrogens is 334 g/mol. The quantitative estimate of drug-likeness (QED) is 0.742. The largest absolute Gasteiger partial charge is 0.494 e. The molecule has 0 spiro atoms. The Morgan fingerprint density at radius 1 is 1.46 bits per heavy atom. The van der Waals surface area contributed by atoms with Crippen LogP contribution in [-0.4, -0.2) is 40.9 Å².